The lowest BCUT2D eigenvalue weighted by Crippen LogP contribution is -2.25. The quantitative estimate of drug-likeness (QED) is 0.469. The van der Waals surface area contributed by atoms with Crippen LogP contribution in [0.25, 0.3) is 0 Å². The number of hydrogen-bond donors (Lipinski definition) is 1. The van der Waals surface area contributed by atoms with Crippen LogP contribution in [0, 0.1) is 17.0 Å². The Bertz CT molecular complexity index is 732. The van der Waals surface area contributed by atoms with Gasteiger partial charge in [-0.1, -0.05) is 11.6 Å². The molecule has 7 heteroatoms. The van der Waals surface area contributed by atoms with Crippen LogP contribution in [0.2, 0.25) is 5.02 Å². The third-order valence-electron chi connectivity index (χ3n) is 3.34. The number of nitrogens with zero attached hydrogens (tertiary/aromatic N) is 1. The maximum Gasteiger partial charge on any atom is 0.269 e. The fourth-order valence-corrected chi connectivity index (χ4v) is 2.29. The molecule has 0 aliphatic carbocycles. The summed E-state index contributed by atoms with van der Waals surface area (Å²) in [4.78, 5) is 22.0. The van der Waals surface area contributed by atoms with Gasteiger partial charge in [-0.25, -0.2) is 0 Å². The van der Waals surface area contributed by atoms with E-state index < -0.39 is 4.92 Å². The fourth-order valence-electron chi connectivity index (χ4n) is 2.07. The van der Waals surface area contributed by atoms with Crippen molar-refractivity contribution >= 4 is 23.2 Å². The van der Waals surface area contributed by atoms with Crippen LogP contribution in [0.4, 0.5) is 5.69 Å². The number of benzene rings is 2. The van der Waals surface area contributed by atoms with Crippen molar-refractivity contribution in [3.63, 3.8) is 0 Å². The molecule has 1 N–H and O–H groups in total. The van der Waals surface area contributed by atoms with Gasteiger partial charge in [-0.05, 0) is 49.2 Å². The van der Waals surface area contributed by atoms with Gasteiger partial charge in [0.15, 0.2) is 0 Å². The van der Waals surface area contributed by atoms with E-state index in [0.717, 1.165) is 11.3 Å². The van der Waals surface area contributed by atoms with Crippen molar-refractivity contribution < 1.29 is 14.5 Å². The summed E-state index contributed by atoms with van der Waals surface area (Å²) in [6.45, 7) is 2.82. The number of nitro benzene ring substituents is 1. The van der Waals surface area contributed by atoms with E-state index in [1.165, 1.54) is 24.3 Å². The summed E-state index contributed by atoms with van der Waals surface area (Å²) in [5, 5.41) is 14.0. The predicted molar refractivity (Wildman–Crippen MR) is 91.7 cm³/mol. The van der Waals surface area contributed by atoms with Gasteiger partial charge in [0.2, 0.25) is 0 Å². The Morgan fingerprint density at radius 3 is 2.58 bits per heavy atom. The number of nitrogens with one attached hydrogen (secondary N) is 1. The van der Waals surface area contributed by atoms with Gasteiger partial charge >= 0.3 is 0 Å². The van der Waals surface area contributed by atoms with E-state index >= 15 is 0 Å². The van der Waals surface area contributed by atoms with Crippen molar-refractivity contribution in [2.24, 2.45) is 0 Å². The SMILES string of the molecule is Cc1cc(Cl)ccc1OCCCNC(=O)c1ccc([N+](=O)[O-])cc1. The predicted octanol–water partition coefficient (Wildman–Crippen LogP) is 3.76. The Morgan fingerprint density at radius 2 is 1.96 bits per heavy atom. The monoisotopic (exact) mass is 348 g/mol. The van der Waals surface area contributed by atoms with Crippen LogP contribution in [0.1, 0.15) is 22.3 Å². The molecule has 24 heavy (non-hydrogen) atoms. The molecule has 0 fully saturated rings. The van der Waals surface area contributed by atoms with Crippen LogP contribution in [-0.4, -0.2) is 24.0 Å². The van der Waals surface area contributed by atoms with Gasteiger partial charge in [0.1, 0.15) is 5.75 Å². The van der Waals surface area contributed by atoms with Crippen LogP contribution in [0.5, 0.6) is 5.75 Å². The molecule has 0 aliphatic heterocycles. The van der Waals surface area contributed by atoms with Gasteiger partial charge in [0.05, 0.1) is 11.5 Å². The fraction of sp³-hybridized carbons (Fsp3) is 0.235. The molecule has 0 heterocycles. The first-order valence-electron chi connectivity index (χ1n) is 7.39. The molecule has 2 rings (SSSR count). The zero-order valence-corrected chi connectivity index (χ0v) is 13.9. The molecule has 6 nitrogen and oxygen atoms in total. The Hall–Kier alpha value is -2.60. The summed E-state index contributed by atoms with van der Waals surface area (Å²) >= 11 is 5.88. The van der Waals surface area contributed by atoms with Crippen LogP contribution in [0.15, 0.2) is 42.5 Å². The van der Waals surface area contributed by atoms with E-state index in [1.807, 2.05) is 19.1 Å². The molecule has 126 valence electrons. The number of rotatable bonds is 7. The van der Waals surface area contributed by atoms with Gasteiger partial charge < -0.3 is 10.1 Å². The Balaban J connectivity index is 1.73. The smallest absolute Gasteiger partial charge is 0.269 e. The molecule has 0 aliphatic rings. The molecule has 0 saturated carbocycles. The van der Waals surface area contributed by atoms with Crippen LogP contribution in [-0.2, 0) is 0 Å². The zero-order chi connectivity index (χ0) is 17.5. The lowest BCUT2D eigenvalue weighted by atomic mass is 10.2. The highest BCUT2D eigenvalue weighted by atomic mass is 35.5. The topological polar surface area (TPSA) is 81.5 Å². The van der Waals surface area contributed by atoms with Gasteiger partial charge in [-0.2, -0.15) is 0 Å². The minimum absolute atomic E-state index is 0.0433. The average Bonchev–Trinajstić information content (AvgIpc) is 2.56. The van der Waals surface area contributed by atoms with Gasteiger partial charge in [-0.15, -0.1) is 0 Å². The second-order valence-corrected chi connectivity index (χ2v) is 5.61. The number of non-ortho nitro benzene ring substituents is 1. The van der Waals surface area contributed by atoms with Crippen molar-refractivity contribution in [3.05, 3.63) is 68.7 Å². The third-order valence-corrected chi connectivity index (χ3v) is 3.58. The molecule has 0 saturated heterocycles. The molecule has 0 spiro atoms. The number of carbonyl (C=O) groups excluding carboxylic acids is 1. The van der Waals surface area contributed by atoms with Crippen molar-refractivity contribution in [2.75, 3.05) is 13.2 Å². The summed E-state index contributed by atoms with van der Waals surface area (Å²) < 4.78 is 5.64. The van der Waals surface area contributed by atoms with Crippen molar-refractivity contribution in [1.82, 2.24) is 5.32 Å². The van der Waals surface area contributed by atoms with Gasteiger partial charge in [-0.3, -0.25) is 14.9 Å². The maximum atomic E-state index is 11.9. The van der Waals surface area contributed by atoms with Gasteiger partial charge in [0, 0.05) is 29.3 Å². The van der Waals surface area contributed by atoms with Gasteiger partial charge in [0.25, 0.3) is 11.6 Å². The first kappa shape index (κ1) is 17.7. The molecular weight excluding hydrogens is 332 g/mol. The number of aryl methyl sites for hydroxylation is 1. The van der Waals surface area contributed by atoms with E-state index in [1.54, 1.807) is 6.07 Å². The molecule has 2 aromatic rings. The second kappa shape index (κ2) is 8.31. The van der Waals surface area contributed by atoms with E-state index in [9.17, 15) is 14.9 Å². The van der Waals surface area contributed by atoms with Crippen LogP contribution in [0.3, 0.4) is 0 Å². The number of hydrogen-bond acceptors (Lipinski definition) is 4. The zero-order valence-electron chi connectivity index (χ0n) is 13.1. The highest BCUT2D eigenvalue weighted by Gasteiger charge is 2.09. The molecular formula is C17H17ClN2O4. The summed E-state index contributed by atoms with van der Waals surface area (Å²) in [7, 11) is 0. The Labute approximate surface area is 144 Å². The largest absolute Gasteiger partial charge is 0.493 e. The standard InChI is InChI=1S/C17H17ClN2O4/c1-12-11-14(18)5-8-16(12)24-10-2-9-19-17(21)13-3-6-15(7-4-13)20(22)23/h3-8,11H,2,9-10H2,1H3,(H,19,21). The van der Waals surface area contributed by atoms with Crippen molar-refractivity contribution in [3.8, 4) is 5.75 Å². The van der Waals surface area contributed by atoms with E-state index in [4.69, 9.17) is 16.3 Å². The lowest BCUT2D eigenvalue weighted by molar-refractivity contribution is -0.384. The highest BCUT2D eigenvalue weighted by molar-refractivity contribution is 6.30. The Kier molecular flexibility index (Phi) is 6.14. The van der Waals surface area contributed by atoms with Crippen LogP contribution < -0.4 is 10.1 Å². The molecule has 1 amide bonds. The first-order valence-corrected chi connectivity index (χ1v) is 7.77. The minimum atomic E-state index is -0.502. The second-order valence-electron chi connectivity index (χ2n) is 5.17. The van der Waals surface area contributed by atoms with E-state index in [2.05, 4.69) is 5.32 Å². The minimum Gasteiger partial charge on any atom is -0.493 e. The number of nitro groups is 1. The number of carbonyl (C=O) groups is 1. The number of amides is 1. The molecule has 0 atom stereocenters. The lowest BCUT2D eigenvalue weighted by Gasteiger charge is -2.10. The molecule has 0 aromatic heterocycles. The summed E-state index contributed by atoms with van der Waals surface area (Å²) in [6, 6.07) is 10.9. The average molecular weight is 349 g/mol. The maximum absolute atomic E-state index is 11.9. The number of ether oxygens (including phenoxy) is 1. The van der Waals surface area contributed by atoms with Crippen molar-refractivity contribution in [1.29, 1.82) is 0 Å². The molecule has 0 radical (unpaired) electrons. The third kappa shape index (κ3) is 4.96. The first-order chi connectivity index (χ1) is 11.5. The summed E-state index contributed by atoms with van der Waals surface area (Å²) in [6.07, 6.45) is 0.640. The summed E-state index contributed by atoms with van der Waals surface area (Å²) in [5.74, 6) is 0.494. The highest BCUT2D eigenvalue weighted by Crippen LogP contribution is 2.21. The summed E-state index contributed by atoms with van der Waals surface area (Å²) in [5.41, 5.74) is 1.30. The molecule has 2 aromatic carbocycles. The van der Waals surface area contributed by atoms with E-state index in [-0.39, 0.29) is 11.6 Å². The molecule has 0 bridgehead atoms. The van der Waals surface area contributed by atoms with E-state index in [0.29, 0.717) is 30.2 Å². The van der Waals surface area contributed by atoms with Crippen LogP contribution >= 0.6 is 11.6 Å². The molecule has 0 unspecified atom stereocenters. The number of halogens is 1. The normalized spacial score (nSPS) is 10.2. The Morgan fingerprint density at radius 1 is 1.25 bits per heavy atom. The van der Waals surface area contributed by atoms with Crippen molar-refractivity contribution in [2.45, 2.75) is 13.3 Å².